The van der Waals surface area contributed by atoms with Gasteiger partial charge in [-0.25, -0.2) is 13.4 Å². The molecule has 2 aromatic rings. The minimum absolute atomic E-state index is 0.173. The third kappa shape index (κ3) is 3.03. The van der Waals surface area contributed by atoms with Gasteiger partial charge < -0.3 is 4.90 Å². The molecule has 0 radical (unpaired) electrons. The maximum atomic E-state index is 12.8. The van der Waals surface area contributed by atoms with Gasteiger partial charge in [0.05, 0.1) is 5.02 Å². The van der Waals surface area contributed by atoms with E-state index in [0.717, 1.165) is 11.0 Å². The molecule has 0 bridgehead atoms. The van der Waals surface area contributed by atoms with Crippen molar-refractivity contribution in [3.05, 3.63) is 35.1 Å². The summed E-state index contributed by atoms with van der Waals surface area (Å²) in [6.07, 6.45) is 2.36. The average Bonchev–Trinajstić information content (AvgIpc) is 3.32. The molecular weight excluding hydrogens is 368 g/mol. The van der Waals surface area contributed by atoms with E-state index in [1.807, 2.05) is 0 Å². The van der Waals surface area contributed by atoms with Crippen LogP contribution in [0.4, 0.5) is 5.13 Å². The van der Waals surface area contributed by atoms with Crippen molar-refractivity contribution in [2.75, 3.05) is 31.1 Å². The summed E-state index contributed by atoms with van der Waals surface area (Å²) in [5.74, 6) is 1.48. The Morgan fingerprint density at radius 3 is 2.50 bits per heavy atom. The highest BCUT2D eigenvalue weighted by Crippen LogP contribution is 2.39. The van der Waals surface area contributed by atoms with Crippen LogP contribution in [0.5, 0.6) is 0 Å². The van der Waals surface area contributed by atoms with Crippen LogP contribution in [0.1, 0.15) is 24.6 Å². The van der Waals surface area contributed by atoms with Crippen molar-refractivity contribution in [3.8, 4) is 0 Å². The summed E-state index contributed by atoms with van der Waals surface area (Å²) < 4.78 is 31.4. The van der Waals surface area contributed by atoms with Crippen LogP contribution in [0, 0.1) is 0 Å². The van der Waals surface area contributed by atoms with E-state index in [9.17, 15) is 8.42 Å². The number of piperazine rings is 1. The van der Waals surface area contributed by atoms with Gasteiger partial charge >= 0.3 is 0 Å². The van der Waals surface area contributed by atoms with Crippen LogP contribution in [0.2, 0.25) is 5.02 Å². The number of benzene rings is 1. The maximum Gasteiger partial charge on any atom is 0.244 e. The van der Waals surface area contributed by atoms with Gasteiger partial charge in [0.2, 0.25) is 15.2 Å². The first-order chi connectivity index (χ1) is 11.6. The second kappa shape index (κ2) is 6.25. The van der Waals surface area contributed by atoms with Gasteiger partial charge in [0.15, 0.2) is 0 Å². The standard InChI is InChI=1S/C15H17ClN4O2S2/c16-12-3-1-2-4-13(12)24(21,22)20-9-7-19(8-10-20)15-17-14(18-23-15)11-5-6-11/h1-4,11H,5-10H2. The first-order valence-electron chi connectivity index (χ1n) is 7.89. The number of anilines is 1. The summed E-state index contributed by atoms with van der Waals surface area (Å²) >= 11 is 7.47. The largest absolute Gasteiger partial charge is 0.344 e. The zero-order chi connectivity index (χ0) is 16.7. The maximum absolute atomic E-state index is 12.8. The van der Waals surface area contributed by atoms with Crippen LogP contribution in [0.3, 0.4) is 0 Å². The predicted molar refractivity (Wildman–Crippen MR) is 94.3 cm³/mol. The van der Waals surface area contributed by atoms with Crippen LogP contribution in [-0.4, -0.2) is 48.3 Å². The van der Waals surface area contributed by atoms with Gasteiger partial charge in [-0.15, -0.1) is 0 Å². The monoisotopic (exact) mass is 384 g/mol. The van der Waals surface area contributed by atoms with Crippen LogP contribution in [0.15, 0.2) is 29.2 Å². The van der Waals surface area contributed by atoms with Crippen molar-refractivity contribution in [1.82, 2.24) is 13.7 Å². The second-order valence-corrected chi connectivity index (χ2v) is 9.07. The van der Waals surface area contributed by atoms with E-state index >= 15 is 0 Å². The second-order valence-electron chi connectivity index (χ2n) is 6.03. The smallest absolute Gasteiger partial charge is 0.244 e. The molecule has 0 atom stereocenters. The molecule has 1 aromatic heterocycles. The van der Waals surface area contributed by atoms with E-state index in [2.05, 4.69) is 14.3 Å². The van der Waals surface area contributed by atoms with Crippen molar-refractivity contribution in [1.29, 1.82) is 0 Å². The molecule has 128 valence electrons. The Hall–Kier alpha value is -1.22. The Morgan fingerprint density at radius 2 is 1.83 bits per heavy atom. The number of nitrogens with zero attached hydrogens (tertiary/aromatic N) is 4. The Bertz CT molecular complexity index is 843. The summed E-state index contributed by atoms with van der Waals surface area (Å²) in [6, 6.07) is 6.57. The fourth-order valence-electron chi connectivity index (χ4n) is 2.77. The van der Waals surface area contributed by atoms with Crippen molar-refractivity contribution in [2.45, 2.75) is 23.7 Å². The van der Waals surface area contributed by atoms with Crippen LogP contribution in [0.25, 0.3) is 0 Å². The van der Waals surface area contributed by atoms with Gasteiger partial charge in [-0.1, -0.05) is 23.7 Å². The molecule has 0 unspecified atom stereocenters. The molecule has 6 nitrogen and oxygen atoms in total. The van der Waals surface area contributed by atoms with E-state index in [1.165, 1.54) is 28.7 Å². The van der Waals surface area contributed by atoms with E-state index in [4.69, 9.17) is 11.6 Å². The Labute approximate surface area is 150 Å². The first-order valence-corrected chi connectivity index (χ1v) is 10.5. The lowest BCUT2D eigenvalue weighted by Gasteiger charge is -2.33. The van der Waals surface area contributed by atoms with Gasteiger partial charge in [-0.3, -0.25) is 0 Å². The Balaban J connectivity index is 1.46. The average molecular weight is 385 g/mol. The Kier molecular flexibility index (Phi) is 4.24. The van der Waals surface area contributed by atoms with Crippen molar-refractivity contribution in [3.63, 3.8) is 0 Å². The molecule has 0 spiro atoms. The molecule has 1 aromatic carbocycles. The molecule has 24 heavy (non-hydrogen) atoms. The normalized spacial score (nSPS) is 19.6. The number of sulfonamides is 1. The summed E-state index contributed by atoms with van der Waals surface area (Å²) in [7, 11) is -3.55. The van der Waals surface area contributed by atoms with Gasteiger partial charge in [0.25, 0.3) is 0 Å². The van der Waals surface area contributed by atoms with E-state index in [-0.39, 0.29) is 9.92 Å². The molecule has 2 aliphatic rings. The highest BCUT2D eigenvalue weighted by Gasteiger charge is 2.32. The van der Waals surface area contributed by atoms with Crippen LogP contribution < -0.4 is 4.90 Å². The summed E-state index contributed by atoms with van der Waals surface area (Å²) in [5.41, 5.74) is 0. The SMILES string of the molecule is O=S(=O)(c1ccccc1Cl)N1CCN(c2nc(C3CC3)ns2)CC1. The molecule has 1 aliphatic carbocycles. The molecule has 1 aliphatic heterocycles. The number of halogens is 1. The third-order valence-corrected chi connectivity index (χ3v) is 7.53. The predicted octanol–water partition coefficient (Wildman–Crippen LogP) is 2.58. The summed E-state index contributed by atoms with van der Waals surface area (Å²) in [5, 5.41) is 1.16. The topological polar surface area (TPSA) is 66.4 Å². The molecule has 2 heterocycles. The first kappa shape index (κ1) is 16.3. The number of hydrogen-bond donors (Lipinski definition) is 0. The minimum Gasteiger partial charge on any atom is -0.344 e. The fraction of sp³-hybridized carbons (Fsp3) is 0.467. The number of rotatable bonds is 4. The highest BCUT2D eigenvalue weighted by molar-refractivity contribution is 7.89. The van der Waals surface area contributed by atoms with Crippen LogP contribution >= 0.6 is 23.1 Å². The zero-order valence-corrected chi connectivity index (χ0v) is 15.3. The van der Waals surface area contributed by atoms with E-state index in [1.54, 1.807) is 24.3 Å². The number of aromatic nitrogens is 2. The van der Waals surface area contributed by atoms with Gasteiger partial charge in [-0.05, 0) is 25.0 Å². The van der Waals surface area contributed by atoms with E-state index < -0.39 is 10.0 Å². The van der Waals surface area contributed by atoms with E-state index in [0.29, 0.717) is 32.1 Å². The molecule has 1 saturated heterocycles. The molecule has 1 saturated carbocycles. The number of hydrogen-bond acceptors (Lipinski definition) is 6. The lowest BCUT2D eigenvalue weighted by molar-refractivity contribution is 0.384. The van der Waals surface area contributed by atoms with Gasteiger partial charge in [0.1, 0.15) is 10.7 Å². The van der Waals surface area contributed by atoms with Gasteiger partial charge in [-0.2, -0.15) is 8.68 Å². The minimum atomic E-state index is -3.55. The quantitative estimate of drug-likeness (QED) is 0.810. The van der Waals surface area contributed by atoms with Gasteiger partial charge in [0, 0.05) is 43.6 Å². The Morgan fingerprint density at radius 1 is 1.12 bits per heavy atom. The zero-order valence-electron chi connectivity index (χ0n) is 12.9. The highest BCUT2D eigenvalue weighted by atomic mass is 35.5. The van der Waals surface area contributed by atoms with Crippen molar-refractivity contribution >= 4 is 38.3 Å². The lowest BCUT2D eigenvalue weighted by Crippen LogP contribution is -2.48. The summed E-state index contributed by atoms with van der Waals surface area (Å²) in [6.45, 7) is 2.07. The molecular formula is C15H17ClN4O2S2. The molecule has 0 N–H and O–H groups in total. The molecule has 9 heteroatoms. The molecule has 0 amide bonds. The third-order valence-electron chi connectivity index (χ3n) is 4.34. The van der Waals surface area contributed by atoms with Crippen LogP contribution in [-0.2, 0) is 10.0 Å². The molecule has 4 rings (SSSR count). The molecule has 2 fully saturated rings. The fourth-order valence-corrected chi connectivity index (χ4v) is 5.49. The van der Waals surface area contributed by atoms with Crippen molar-refractivity contribution < 1.29 is 8.42 Å². The van der Waals surface area contributed by atoms with Crippen molar-refractivity contribution in [2.24, 2.45) is 0 Å². The lowest BCUT2D eigenvalue weighted by atomic mass is 10.4. The summed E-state index contributed by atoms with van der Waals surface area (Å²) in [4.78, 5) is 6.89.